The van der Waals surface area contributed by atoms with Gasteiger partial charge in [0.25, 0.3) is 0 Å². The third-order valence-corrected chi connectivity index (χ3v) is 5.72. The summed E-state index contributed by atoms with van der Waals surface area (Å²) in [6.07, 6.45) is 2.11. The summed E-state index contributed by atoms with van der Waals surface area (Å²) in [5.41, 5.74) is 2.56. The standard InChI is InChI=1S/C23H28FN3O2/c1-17(21-4-2-3-5-22(21)24)27(20-10-11-20)16-23(28)25-18-6-8-19(9-7-18)26-12-14-29-15-13-26/h2-9,17,20H,10-16H2,1H3,(H,25,28). The van der Waals surface area contributed by atoms with E-state index in [1.165, 1.54) is 6.07 Å². The highest BCUT2D eigenvalue weighted by Gasteiger charge is 2.34. The van der Waals surface area contributed by atoms with Gasteiger partial charge in [-0.2, -0.15) is 0 Å². The second kappa shape index (κ2) is 8.93. The average molecular weight is 397 g/mol. The number of benzene rings is 2. The average Bonchev–Trinajstić information content (AvgIpc) is 3.58. The van der Waals surface area contributed by atoms with Gasteiger partial charge in [-0.3, -0.25) is 9.69 Å². The summed E-state index contributed by atoms with van der Waals surface area (Å²) >= 11 is 0. The van der Waals surface area contributed by atoms with E-state index in [-0.39, 0.29) is 24.3 Å². The van der Waals surface area contributed by atoms with Crippen molar-refractivity contribution in [3.05, 3.63) is 59.9 Å². The fourth-order valence-corrected chi connectivity index (χ4v) is 3.92. The topological polar surface area (TPSA) is 44.8 Å². The summed E-state index contributed by atoms with van der Waals surface area (Å²) in [7, 11) is 0. The highest BCUT2D eigenvalue weighted by molar-refractivity contribution is 5.92. The van der Waals surface area contributed by atoms with Gasteiger partial charge in [0.05, 0.1) is 19.8 Å². The third-order valence-electron chi connectivity index (χ3n) is 5.72. The van der Waals surface area contributed by atoms with Crippen LogP contribution < -0.4 is 10.2 Å². The van der Waals surface area contributed by atoms with Crippen LogP contribution in [-0.2, 0) is 9.53 Å². The molecule has 154 valence electrons. The summed E-state index contributed by atoms with van der Waals surface area (Å²) in [4.78, 5) is 17.1. The van der Waals surface area contributed by atoms with Gasteiger partial charge >= 0.3 is 0 Å². The van der Waals surface area contributed by atoms with Gasteiger partial charge in [0.15, 0.2) is 0 Å². The van der Waals surface area contributed by atoms with Crippen molar-refractivity contribution in [2.24, 2.45) is 0 Å². The largest absolute Gasteiger partial charge is 0.378 e. The van der Waals surface area contributed by atoms with Crippen LogP contribution in [0.25, 0.3) is 0 Å². The minimum absolute atomic E-state index is 0.0702. The lowest BCUT2D eigenvalue weighted by atomic mass is 10.1. The van der Waals surface area contributed by atoms with E-state index in [4.69, 9.17) is 4.74 Å². The van der Waals surface area contributed by atoms with Crippen molar-refractivity contribution < 1.29 is 13.9 Å². The van der Waals surface area contributed by atoms with Crippen molar-refractivity contribution >= 4 is 17.3 Å². The van der Waals surface area contributed by atoms with E-state index in [0.29, 0.717) is 11.6 Å². The van der Waals surface area contributed by atoms with Crippen molar-refractivity contribution in [2.45, 2.75) is 31.8 Å². The zero-order chi connectivity index (χ0) is 20.2. The SMILES string of the molecule is CC(c1ccccc1F)N(CC(=O)Nc1ccc(N2CCOCC2)cc1)C1CC1. The number of nitrogens with zero attached hydrogens (tertiary/aromatic N) is 2. The summed E-state index contributed by atoms with van der Waals surface area (Å²) < 4.78 is 19.6. The number of hydrogen-bond acceptors (Lipinski definition) is 4. The van der Waals surface area contributed by atoms with Crippen molar-refractivity contribution in [3.8, 4) is 0 Å². The molecule has 2 fully saturated rings. The summed E-state index contributed by atoms with van der Waals surface area (Å²) in [6.45, 7) is 5.49. The number of carbonyl (C=O) groups excluding carboxylic acids is 1. The van der Waals surface area contributed by atoms with Crippen LogP contribution in [-0.4, -0.2) is 49.7 Å². The molecule has 1 unspecified atom stereocenters. The van der Waals surface area contributed by atoms with E-state index >= 15 is 0 Å². The van der Waals surface area contributed by atoms with Crippen molar-refractivity contribution in [3.63, 3.8) is 0 Å². The zero-order valence-corrected chi connectivity index (χ0v) is 16.8. The highest BCUT2D eigenvalue weighted by Crippen LogP contribution is 2.34. The fourth-order valence-electron chi connectivity index (χ4n) is 3.92. The molecular weight excluding hydrogens is 369 g/mol. The number of nitrogens with one attached hydrogen (secondary N) is 1. The van der Waals surface area contributed by atoms with Crippen molar-refractivity contribution in [2.75, 3.05) is 43.1 Å². The van der Waals surface area contributed by atoms with Crippen molar-refractivity contribution in [1.82, 2.24) is 4.90 Å². The molecule has 6 heteroatoms. The molecule has 2 aromatic rings. The quantitative estimate of drug-likeness (QED) is 0.771. The van der Waals surface area contributed by atoms with Gasteiger partial charge in [0.1, 0.15) is 5.82 Å². The fraction of sp³-hybridized carbons (Fsp3) is 0.435. The number of anilines is 2. The maximum absolute atomic E-state index is 14.2. The van der Waals surface area contributed by atoms with E-state index in [0.717, 1.165) is 50.5 Å². The van der Waals surface area contributed by atoms with Crippen molar-refractivity contribution in [1.29, 1.82) is 0 Å². The van der Waals surface area contributed by atoms with Gasteiger partial charge in [-0.15, -0.1) is 0 Å². The predicted octanol–water partition coefficient (Wildman–Crippen LogP) is 3.83. The lowest BCUT2D eigenvalue weighted by Crippen LogP contribution is -2.37. The minimum Gasteiger partial charge on any atom is -0.378 e. The Hall–Kier alpha value is -2.44. The van der Waals surface area contributed by atoms with Gasteiger partial charge in [-0.1, -0.05) is 18.2 Å². The first-order valence-electron chi connectivity index (χ1n) is 10.3. The van der Waals surface area contributed by atoms with Crippen LogP contribution in [0, 0.1) is 5.82 Å². The Morgan fingerprint density at radius 2 is 1.86 bits per heavy atom. The molecule has 1 saturated heterocycles. The minimum atomic E-state index is -0.218. The lowest BCUT2D eigenvalue weighted by Gasteiger charge is -2.29. The zero-order valence-electron chi connectivity index (χ0n) is 16.8. The number of morpholine rings is 1. The lowest BCUT2D eigenvalue weighted by molar-refractivity contribution is -0.118. The number of halogens is 1. The summed E-state index contributed by atoms with van der Waals surface area (Å²) in [5, 5.41) is 2.99. The number of rotatable bonds is 7. The summed E-state index contributed by atoms with van der Waals surface area (Å²) in [5.74, 6) is -0.288. The molecule has 0 radical (unpaired) electrons. The second-order valence-electron chi connectivity index (χ2n) is 7.80. The first kappa shape index (κ1) is 19.9. The number of hydrogen-bond donors (Lipinski definition) is 1. The molecule has 1 aliphatic heterocycles. The molecule has 0 spiro atoms. The molecule has 1 amide bonds. The van der Waals surface area contributed by atoms with Gasteiger partial charge in [0.2, 0.25) is 5.91 Å². The third kappa shape index (κ3) is 4.95. The van der Waals surface area contributed by atoms with E-state index in [1.54, 1.807) is 12.1 Å². The molecule has 5 nitrogen and oxygen atoms in total. The van der Waals surface area contributed by atoms with Gasteiger partial charge in [-0.05, 0) is 50.1 Å². The van der Waals surface area contributed by atoms with E-state index in [2.05, 4.69) is 15.1 Å². The number of carbonyl (C=O) groups is 1. The van der Waals surface area contributed by atoms with Crippen LogP contribution in [0.15, 0.2) is 48.5 Å². The van der Waals surface area contributed by atoms with Crippen LogP contribution in [0.5, 0.6) is 0 Å². The van der Waals surface area contributed by atoms with Crippen LogP contribution in [0.2, 0.25) is 0 Å². The van der Waals surface area contributed by atoms with Crippen LogP contribution in [0.3, 0.4) is 0 Å². The van der Waals surface area contributed by atoms with Crippen LogP contribution in [0.4, 0.5) is 15.8 Å². The molecule has 0 aromatic heterocycles. The van der Waals surface area contributed by atoms with E-state index < -0.39 is 0 Å². The smallest absolute Gasteiger partial charge is 0.238 e. The molecule has 1 aliphatic carbocycles. The molecule has 1 N–H and O–H groups in total. The van der Waals surface area contributed by atoms with Gasteiger partial charge < -0.3 is 15.0 Å². The maximum atomic E-state index is 14.2. The number of amides is 1. The van der Waals surface area contributed by atoms with Gasteiger partial charge in [-0.25, -0.2) is 4.39 Å². The molecule has 1 saturated carbocycles. The Morgan fingerprint density at radius 3 is 2.52 bits per heavy atom. The Labute approximate surface area is 171 Å². The molecular formula is C23H28FN3O2. The Kier molecular flexibility index (Phi) is 6.11. The molecule has 0 bridgehead atoms. The van der Waals surface area contributed by atoms with Crippen LogP contribution >= 0.6 is 0 Å². The molecule has 1 atom stereocenters. The number of ether oxygens (including phenoxy) is 1. The van der Waals surface area contributed by atoms with Crippen LogP contribution in [0.1, 0.15) is 31.4 Å². The Bertz CT molecular complexity index is 832. The maximum Gasteiger partial charge on any atom is 0.238 e. The molecule has 4 rings (SSSR count). The predicted molar refractivity (Wildman–Crippen MR) is 113 cm³/mol. The first-order valence-corrected chi connectivity index (χ1v) is 10.3. The molecule has 2 aliphatic rings. The van der Waals surface area contributed by atoms with Gasteiger partial charge in [0, 0.05) is 42.1 Å². The molecule has 1 heterocycles. The Balaban J connectivity index is 1.38. The monoisotopic (exact) mass is 397 g/mol. The normalized spacial score (nSPS) is 18.0. The Morgan fingerprint density at radius 1 is 1.17 bits per heavy atom. The first-order chi connectivity index (χ1) is 14.1. The second-order valence-corrected chi connectivity index (χ2v) is 7.80. The van der Waals surface area contributed by atoms with E-state index in [1.807, 2.05) is 37.3 Å². The summed E-state index contributed by atoms with van der Waals surface area (Å²) in [6, 6.07) is 15.0. The highest BCUT2D eigenvalue weighted by atomic mass is 19.1. The molecule has 2 aromatic carbocycles. The molecule has 29 heavy (non-hydrogen) atoms. The van der Waals surface area contributed by atoms with E-state index in [9.17, 15) is 9.18 Å².